The molecule has 1 saturated heterocycles. The van der Waals surface area contributed by atoms with Crippen LogP contribution < -0.4 is 4.90 Å². The third-order valence-corrected chi connectivity index (χ3v) is 5.52. The highest BCUT2D eigenvalue weighted by molar-refractivity contribution is 9.11. The minimum absolute atomic E-state index is 0.431. The Hall–Kier alpha value is -0.200. The van der Waals surface area contributed by atoms with Crippen LogP contribution in [0.15, 0.2) is 3.92 Å². The minimum atomic E-state index is -0.433. The van der Waals surface area contributed by atoms with Gasteiger partial charge >= 0.3 is 0 Å². The highest BCUT2D eigenvalue weighted by Crippen LogP contribution is 2.48. The Morgan fingerprint density at radius 3 is 2.41 bits per heavy atom. The van der Waals surface area contributed by atoms with E-state index in [0.29, 0.717) is 5.41 Å². The molecule has 1 spiro atoms. The van der Waals surface area contributed by atoms with E-state index in [1.54, 1.807) is 11.3 Å². The van der Waals surface area contributed by atoms with E-state index in [2.05, 4.69) is 31.0 Å². The molecule has 0 amide bonds. The molecular formula is C11H16BrN3OS. The smallest absolute Gasteiger partial charge is 0.209 e. The topological polar surface area (TPSA) is 49.2 Å². The first kappa shape index (κ1) is 11.9. The van der Waals surface area contributed by atoms with E-state index in [0.717, 1.165) is 47.8 Å². The van der Waals surface area contributed by atoms with Gasteiger partial charge in [0.2, 0.25) is 5.13 Å². The van der Waals surface area contributed by atoms with Crippen molar-refractivity contribution in [3.05, 3.63) is 3.92 Å². The summed E-state index contributed by atoms with van der Waals surface area (Å²) in [5, 5.41) is 19.1. The van der Waals surface area contributed by atoms with Crippen LogP contribution in [0.25, 0.3) is 0 Å². The molecule has 4 nitrogen and oxygen atoms in total. The van der Waals surface area contributed by atoms with E-state index in [1.165, 1.54) is 0 Å². The van der Waals surface area contributed by atoms with Gasteiger partial charge in [-0.2, -0.15) is 0 Å². The highest BCUT2D eigenvalue weighted by Gasteiger charge is 2.48. The van der Waals surface area contributed by atoms with Crippen molar-refractivity contribution in [3.63, 3.8) is 0 Å². The number of hydrogen-bond donors (Lipinski definition) is 1. The lowest BCUT2D eigenvalue weighted by Gasteiger charge is -2.54. The lowest BCUT2D eigenvalue weighted by atomic mass is 9.65. The van der Waals surface area contributed by atoms with Crippen LogP contribution in [0.1, 0.15) is 32.6 Å². The number of aliphatic hydroxyl groups is 1. The summed E-state index contributed by atoms with van der Waals surface area (Å²) in [6.45, 7) is 4.10. The second-order valence-corrected chi connectivity index (χ2v) is 7.92. The van der Waals surface area contributed by atoms with Crippen LogP contribution in [0.3, 0.4) is 0 Å². The molecule has 1 aromatic rings. The second-order valence-electron chi connectivity index (χ2n) is 5.69. The van der Waals surface area contributed by atoms with E-state index in [1.807, 2.05) is 6.92 Å². The Bertz CT molecular complexity index is 416. The normalized spacial score (nSPS) is 25.9. The summed E-state index contributed by atoms with van der Waals surface area (Å²) in [5.41, 5.74) is -0.00216. The van der Waals surface area contributed by atoms with Crippen LogP contribution in [0.4, 0.5) is 5.13 Å². The fourth-order valence-electron chi connectivity index (χ4n) is 2.86. The van der Waals surface area contributed by atoms with Gasteiger partial charge in [-0.1, -0.05) is 11.3 Å². The first-order valence-electron chi connectivity index (χ1n) is 5.95. The highest BCUT2D eigenvalue weighted by atomic mass is 79.9. The van der Waals surface area contributed by atoms with Crippen molar-refractivity contribution in [2.45, 2.75) is 38.2 Å². The summed E-state index contributed by atoms with van der Waals surface area (Å²) < 4.78 is 0.847. The van der Waals surface area contributed by atoms with Crippen LogP contribution >= 0.6 is 27.3 Å². The monoisotopic (exact) mass is 317 g/mol. The third kappa shape index (κ3) is 2.22. The zero-order chi connectivity index (χ0) is 12.1. The average Bonchev–Trinajstić information content (AvgIpc) is 2.62. The second kappa shape index (κ2) is 3.90. The van der Waals surface area contributed by atoms with Gasteiger partial charge in [0.1, 0.15) is 0 Å². The third-order valence-electron chi connectivity index (χ3n) is 4.10. The Morgan fingerprint density at radius 2 is 1.88 bits per heavy atom. The van der Waals surface area contributed by atoms with Gasteiger partial charge < -0.3 is 10.0 Å². The van der Waals surface area contributed by atoms with Gasteiger partial charge in [0.05, 0.1) is 5.60 Å². The maximum Gasteiger partial charge on any atom is 0.209 e. The van der Waals surface area contributed by atoms with E-state index in [-0.39, 0.29) is 0 Å². The van der Waals surface area contributed by atoms with Crippen LogP contribution in [-0.4, -0.2) is 34.0 Å². The predicted molar refractivity (Wildman–Crippen MR) is 71.3 cm³/mol. The predicted octanol–water partition coefficient (Wildman–Crippen LogP) is 2.43. The number of anilines is 1. The lowest BCUT2D eigenvalue weighted by molar-refractivity contribution is -0.0281. The molecule has 1 aromatic heterocycles. The molecule has 2 fully saturated rings. The van der Waals surface area contributed by atoms with Gasteiger partial charge in [0.25, 0.3) is 0 Å². The van der Waals surface area contributed by atoms with Crippen LogP contribution in [0.2, 0.25) is 0 Å². The summed E-state index contributed by atoms with van der Waals surface area (Å²) in [5.74, 6) is 0. The van der Waals surface area contributed by atoms with Crippen LogP contribution in [-0.2, 0) is 0 Å². The molecule has 0 bridgehead atoms. The zero-order valence-electron chi connectivity index (χ0n) is 9.82. The molecule has 6 heteroatoms. The number of hydrogen-bond acceptors (Lipinski definition) is 5. The van der Waals surface area contributed by atoms with E-state index in [9.17, 15) is 5.11 Å². The molecule has 3 rings (SSSR count). The summed E-state index contributed by atoms with van der Waals surface area (Å²) in [4.78, 5) is 2.29. The van der Waals surface area contributed by atoms with Crippen molar-refractivity contribution in [1.82, 2.24) is 10.2 Å². The molecule has 1 N–H and O–H groups in total. The van der Waals surface area contributed by atoms with Crippen molar-refractivity contribution in [3.8, 4) is 0 Å². The first-order valence-corrected chi connectivity index (χ1v) is 7.55. The summed E-state index contributed by atoms with van der Waals surface area (Å²) >= 11 is 4.93. The van der Waals surface area contributed by atoms with E-state index < -0.39 is 5.60 Å². The molecule has 0 unspecified atom stereocenters. The number of aromatic nitrogens is 2. The Balaban J connectivity index is 1.61. The van der Waals surface area contributed by atoms with Crippen molar-refractivity contribution in [2.75, 3.05) is 18.0 Å². The van der Waals surface area contributed by atoms with Crippen molar-refractivity contribution in [1.29, 1.82) is 0 Å². The molecule has 2 heterocycles. The average molecular weight is 318 g/mol. The molecule has 0 aromatic carbocycles. The van der Waals surface area contributed by atoms with Gasteiger partial charge in [-0.25, -0.2) is 0 Å². The molecule has 1 aliphatic carbocycles. The lowest BCUT2D eigenvalue weighted by Crippen LogP contribution is -2.59. The molecule has 1 saturated carbocycles. The van der Waals surface area contributed by atoms with Crippen molar-refractivity contribution < 1.29 is 5.11 Å². The van der Waals surface area contributed by atoms with Gasteiger partial charge in [-0.05, 0) is 48.5 Å². The zero-order valence-corrected chi connectivity index (χ0v) is 12.2. The standard InChI is InChI=1S/C11H16BrN3OS/c1-10(16)2-4-11(5-3-10)6-15(7-11)9-14-13-8(12)17-9/h16H,2-7H2,1H3. The molecule has 1 aliphatic heterocycles. The Kier molecular flexibility index (Phi) is 2.72. The Morgan fingerprint density at radius 1 is 1.24 bits per heavy atom. The van der Waals surface area contributed by atoms with Crippen molar-refractivity contribution >= 4 is 32.4 Å². The van der Waals surface area contributed by atoms with Gasteiger partial charge in [-0.3, -0.25) is 0 Å². The number of halogens is 1. The maximum atomic E-state index is 9.97. The summed E-state index contributed by atoms with van der Waals surface area (Å²) in [7, 11) is 0. The van der Waals surface area contributed by atoms with E-state index in [4.69, 9.17) is 0 Å². The van der Waals surface area contributed by atoms with Gasteiger partial charge in [-0.15, -0.1) is 10.2 Å². The number of nitrogens with zero attached hydrogens (tertiary/aromatic N) is 3. The summed E-state index contributed by atoms with van der Waals surface area (Å²) in [6.07, 6.45) is 4.13. The van der Waals surface area contributed by atoms with Crippen molar-refractivity contribution in [2.24, 2.45) is 5.41 Å². The fraction of sp³-hybridized carbons (Fsp3) is 0.818. The SMILES string of the molecule is CC1(O)CCC2(CC1)CN(c1nnc(Br)s1)C2. The maximum absolute atomic E-state index is 9.97. The Labute approximate surface area is 113 Å². The van der Waals surface area contributed by atoms with Gasteiger partial charge in [0, 0.05) is 18.5 Å². The first-order chi connectivity index (χ1) is 7.98. The molecule has 0 radical (unpaired) electrons. The van der Waals surface area contributed by atoms with Gasteiger partial charge in [0.15, 0.2) is 3.92 Å². The fourth-order valence-corrected chi connectivity index (χ4v) is 3.95. The molecule has 94 valence electrons. The quantitative estimate of drug-likeness (QED) is 0.864. The summed E-state index contributed by atoms with van der Waals surface area (Å²) in [6, 6.07) is 0. The molecule has 2 aliphatic rings. The molecule has 17 heavy (non-hydrogen) atoms. The molecule has 0 atom stereocenters. The largest absolute Gasteiger partial charge is 0.390 e. The number of rotatable bonds is 1. The van der Waals surface area contributed by atoms with Crippen LogP contribution in [0.5, 0.6) is 0 Å². The molecular weight excluding hydrogens is 302 g/mol. The van der Waals surface area contributed by atoms with E-state index >= 15 is 0 Å². The van der Waals surface area contributed by atoms with Crippen LogP contribution in [0, 0.1) is 5.41 Å². The minimum Gasteiger partial charge on any atom is -0.390 e.